The number of nitrogens with zero attached hydrogens (tertiary/aromatic N) is 2. The summed E-state index contributed by atoms with van der Waals surface area (Å²) in [5.41, 5.74) is -0.0774. The highest BCUT2D eigenvalue weighted by atomic mass is 16.4. The van der Waals surface area contributed by atoms with Crippen LogP contribution in [0.5, 0.6) is 0 Å². The van der Waals surface area contributed by atoms with Crippen LogP contribution in [0.3, 0.4) is 0 Å². The molecule has 18 heavy (non-hydrogen) atoms. The van der Waals surface area contributed by atoms with E-state index in [0.29, 0.717) is 12.4 Å². The highest BCUT2D eigenvalue weighted by Crippen LogP contribution is 2.26. The van der Waals surface area contributed by atoms with Crippen molar-refractivity contribution >= 4 is 12.0 Å². The molecular formula is C12H18N2O4. The van der Waals surface area contributed by atoms with Crippen LogP contribution in [-0.2, 0) is 0 Å². The van der Waals surface area contributed by atoms with Crippen molar-refractivity contribution in [3.8, 4) is 0 Å². The topological polar surface area (TPSA) is 86.8 Å². The number of aromatic carboxylic acids is 1. The van der Waals surface area contributed by atoms with E-state index >= 15 is 0 Å². The van der Waals surface area contributed by atoms with Gasteiger partial charge in [-0.05, 0) is 32.6 Å². The lowest BCUT2D eigenvalue weighted by molar-refractivity contribution is 0.0690. The van der Waals surface area contributed by atoms with Gasteiger partial charge in [0.15, 0.2) is 5.69 Å². The van der Waals surface area contributed by atoms with E-state index in [9.17, 15) is 9.90 Å². The summed E-state index contributed by atoms with van der Waals surface area (Å²) < 4.78 is 5.23. The zero-order chi connectivity index (χ0) is 13.1. The molecule has 1 aromatic rings. The number of aliphatic hydroxyl groups is 1. The number of carboxylic acids is 1. The summed E-state index contributed by atoms with van der Waals surface area (Å²) in [6.45, 7) is 2.54. The standard InChI is InChI=1S/C12H18N2O4/c1-8(15)6-9-4-2-3-5-14(9)12-13-10(7-18-12)11(16)17/h7-9,15H,2-6H2,1H3,(H,16,17). The largest absolute Gasteiger partial charge is 0.476 e. The summed E-state index contributed by atoms with van der Waals surface area (Å²) in [7, 11) is 0. The van der Waals surface area contributed by atoms with Gasteiger partial charge in [-0.3, -0.25) is 0 Å². The van der Waals surface area contributed by atoms with Crippen LogP contribution in [0.25, 0.3) is 0 Å². The molecule has 2 heterocycles. The molecule has 0 amide bonds. The molecule has 2 unspecified atom stereocenters. The first-order chi connectivity index (χ1) is 8.58. The lowest BCUT2D eigenvalue weighted by atomic mass is 9.98. The van der Waals surface area contributed by atoms with Gasteiger partial charge in [0.2, 0.25) is 0 Å². The van der Waals surface area contributed by atoms with Crippen molar-refractivity contribution in [2.24, 2.45) is 0 Å². The molecule has 1 aliphatic rings. The number of hydrogen-bond donors (Lipinski definition) is 2. The minimum Gasteiger partial charge on any atom is -0.476 e. The van der Waals surface area contributed by atoms with Crippen LogP contribution in [-0.4, -0.2) is 39.9 Å². The van der Waals surface area contributed by atoms with E-state index in [0.717, 1.165) is 32.1 Å². The summed E-state index contributed by atoms with van der Waals surface area (Å²) in [6.07, 6.45) is 4.53. The first kappa shape index (κ1) is 12.9. The number of hydrogen-bond acceptors (Lipinski definition) is 5. The van der Waals surface area contributed by atoms with E-state index in [4.69, 9.17) is 9.52 Å². The number of carbonyl (C=O) groups is 1. The predicted molar refractivity (Wildman–Crippen MR) is 64.7 cm³/mol. The van der Waals surface area contributed by atoms with Gasteiger partial charge in [0.1, 0.15) is 6.26 Å². The third kappa shape index (κ3) is 2.81. The van der Waals surface area contributed by atoms with Crippen molar-refractivity contribution in [3.63, 3.8) is 0 Å². The Balaban J connectivity index is 2.14. The van der Waals surface area contributed by atoms with E-state index in [1.54, 1.807) is 6.92 Å². The van der Waals surface area contributed by atoms with Gasteiger partial charge >= 0.3 is 5.97 Å². The number of piperidine rings is 1. The summed E-state index contributed by atoms with van der Waals surface area (Å²) >= 11 is 0. The van der Waals surface area contributed by atoms with Gasteiger partial charge in [0, 0.05) is 12.6 Å². The van der Waals surface area contributed by atoms with Crippen LogP contribution >= 0.6 is 0 Å². The van der Waals surface area contributed by atoms with Gasteiger partial charge < -0.3 is 19.5 Å². The van der Waals surface area contributed by atoms with Crippen molar-refractivity contribution in [2.45, 2.75) is 44.8 Å². The number of aliphatic hydroxyl groups excluding tert-OH is 1. The van der Waals surface area contributed by atoms with Gasteiger partial charge in [-0.25, -0.2) is 4.79 Å². The summed E-state index contributed by atoms with van der Waals surface area (Å²) in [4.78, 5) is 16.7. The van der Waals surface area contributed by atoms with E-state index in [-0.39, 0.29) is 17.8 Å². The minimum atomic E-state index is -1.09. The average Bonchev–Trinajstić information content (AvgIpc) is 2.78. The lowest BCUT2D eigenvalue weighted by Gasteiger charge is -2.35. The number of aromatic nitrogens is 1. The van der Waals surface area contributed by atoms with Crippen LogP contribution in [0, 0.1) is 0 Å². The second kappa shape index (κ2) is 5.39. The normalized spacial score (nSPS) is 21.9. The van der Waals surface area contributed by atoms with Crippen LogP contribution < -0.4 is 4.90 Å². The van der Waals surface area contributed by atoms with Gasteiger partial charge in [-0.1, -0.05) is 0 Å². The Morgan fingerprint density at radius 2 is 2.44 bits per heavy atom. The molecule has 2 N–H and O–H groups in total. The van der Waals surface area contributed by atoms with E-state index in [1.807, 2.05) is 4.90 Å². The summed E-state index contributed by atoms with van der Waals surface area (Å²) in [6, 6.07) is 0.511. The van der Waals surface area contributed by atoms with Crippen molar-refractivity contribution in [2.75, 3.05) is 11.4 Å². The van der Waals surface area contributed by atoms with E-state index in [2.05, 4.69) is 4.98 Å². The summed E-state index contributed by atoms with van der Waals surface area (Å²) in [5.74, 6) is -1.09. The second-order valence-corrected chi connectivity index (χ2v) is 4.75. The molecule has 6 nitrogen and oxygen atoms in total. The molecule has 2 rings (SSSR count). The first-order valence-electron chi connectivity index (χ1n) is 6.21. The first-order valence-corrected chi connectivity index (χ1v) is 6.21. The highest BCUT2D eigenvalue weighted by Gasteiger charge is 2.27. The van der Waals surface area contributed by atoms with Crippen LogP contribution in [0.4, 0.5) is 6.01 Å². The lowest BCUT2D eigenvalue weighted by Crippen LogP contribution is -2.41. The maximum Gasteiger partial charge on any atom is 0.357 e. The highest BCUT2D eigenvalue weighted by molar-refractivity contribution is 5.85. The molecule has 1 aliphatic heterocycles. The molecule has 0 bridgehead atoms. The molecule has 1 aromatic heterocycles. The minimum absolute atomic E-state index is 0.0774. The zero-order valence-electron chi connectivity index (χ0n) is 10.4. The van der Waals surface area contributed by atoms with Gasteiger partial charge in [0.05, 0.1) is 6.10 Å². The Bertz CT molecular complexity index is 416. The molecule has 0 radical (unpaired) electrons. The van der Waals surface area contributed by atoms with Crippen molar-refractivity contribution < 1.29 is 19.4 Å². The Labute approximate surface area is 105 Å². The monoisotopic (exact) mass is 254 g/mol. The third-order valence-electron chi connectivity index (χ3n) is 3.20. The van der Waals surface area contributed by atoms with Crippen molar-refractivity contribution in [3.05, 3.63) is 12.0 Å². The van der Waals surface area contributed by atoms with Crippen LogP contribution in [0.1, 0.15) is 43.1 Å². The number of carboxylic acid groups (broad SMARTS) is 1. The fourth-order valence-corrected chi connectivity index (χ4v) is 2.39. The molecular weight excluding hydrogens is 236 g/mol. The van der Waals surface area contributed by atoms with Gasteiger partial charge in [-0.2, -0.15) is 4.98 Å². The third-order valence-corrected chi connectivity index (χ3v) is 3.20. The quantitative estimate of drug-likeness (QED) is 0.846. The Morgan fingerprint density at radius 1 is 1.67 bits per heavy atom. The van der Waals surface area contributed by atoms with E-state index < -0.39 is 5.97 Å². The maximum absolute atomic E-state index is 10.8. The fourth-order valence-electron chi connectivity index (χ4n) is 2.39. The molecule has 0 saturated carbocycles. The van der Waals surface area contributed by atoms with E-state index in [1.165, 1.54) is 0 Å². The van der Waals surface area contributed by atoms with Gasteiger partial charge in [-0.15, -0.1) is 0 Å². The SMILES string of the molecule is CC(O)CC1CCCCN1c1nc(C(=O)O)co1. The molecule has 1 fully saturated rings. The maximum atomic E-state index is 10.8. The number of oxazole rings is 1. The van der Waals surface area contributed by atoms with Gasteiger partial charge in [0.25, 0.3) is 6.01 Å². The molecule has 0 aromatic carbocycles. The Hall–Kier alpha value is -1.56. The predicted octanol–water partition coefficient (Wildman–Crippen LogP) is 1.50. The number of anilines is 1. The molecule has 0 aliphatic carbocycles. The Kier molecular flexibility index (Phi) is 3.86. The molecule has 0 spiro atoms. The zero-order valence-corrected chi connectivity index (χ0v) is 10.4. The average molecular weight is 254 g/mol. The van der Waals surface area contributed by atoms with Crippen molar-refractivity contribution in [1.29, 1.82) is 0 Å². The second-order valence-electron chi connectivity index (χ2n) is 4.75. The Morgan fingerprint density at radius 3 is 3.06 bits per heavy atom. The van der Waals surface area contributed by atoms with Crippen LogP contribution in [0.15, 0.2) is 10.7 Å². The van der Waals surface area contributed by atoms with Crippen LogP contribution in [0.2, 0.25) is 0 Å². The smallest absolute Gasteiger partial charge is 0.357 e. The van der Waals surface area contributed by atoms with Crippen molar-refractivity contribution in [1.82, 2.24) is 4.98 Å². The fraction of sp³-hybridized carbons (Fsp3) is 0.667. The molecule has 2 atom stereocenters. The molecule has 1 saturated heterocycles. The molecule has 100 valence electrons. The summed E-state index contributed by atoms with van der Waals surface area (Å²) in [5, 5.41) is 18.3. The molecule has 6 heteroatoms. The number of rotatable bonds is 4.